The van der Waals surface area contributed by atoms with Crippen LogP contribution in [0.3, 0.4) is 0 Å². The minimum atomic E-state index is -4.38. The van der Waals surface area contributed by atoms with Gasteiger partial charge in [-0.25, -0.2) is 0 Å². The second kappa shape index (κ2) is 5.89. The van der Waals surface area contributed by atoms with Crippen LogP contribution in [0.1, 0.15) is 38.7 Å². The highest BCUT2D eigenvalue weighted by Gasteiger charge is 2.48. The van der Waals surface area contributed by atoms with Crippen LogP contribution in [0.5, 0.6) is 0 Å². The molecule has 1 aliphatic carbocycles. The highest BCUT2D eigenvalue weighted by Crippen LogP contribution is 2.48. The summed E-state index contributed by atoms with van der Waals surface area (Å²) in [5, 5.41) is 0. The van der Waals surface area contributed by atoms with Gasteiger partial charge in [0.25, 0.3) is 0 Å². The molecule has 0 aliphatic heterocycles. The van der Waals surface area contributed by atoms with E-state index in [0.29, 0.717) is 6.42 Å². The monoisotopic (exact) mass is 314 g/mol. The van der Waals surface area contributed by atoms with Crippen molar-refractivity contribution in [3.05, 3.63) is 30.1 Å². The summed E-state index contributed by atoms with van der Waals surface area (Å²) < 4.78 is 38.2. The predicted molar refractivity (Wildman–Crippen MR) is 77.2 cm³/mol. The third-order valence-electron chi connectivity index (χ3n) is 3.57. The number of halogens is 3. The Morgan fingerprint density at radius 1 is 1.32 bits per heavy atom. The van der Waals surface area contributed by atoms with Crippen molar-refractivity contribution in [3.63, 3.8) is 0 Å². The van der Waals surface area contributed by atoms with Crippen LogP contribution in [-0.4, -0.2) is 35.1 Å². The lowest BCUT2D eigenvalue weighted by Gasteiger charge is -2.31. The molecule has 0 radical (unpaired) electrons. The van der Waals surface area contributed by atoms with Crippen LogP contribution < -0.4 is 0 Å². The van der Waals surface area contributed by atoms with Crippen molar-refractivity contribution in [1.82, 2.24) is 9.88 Å². The van der Waals surface area contributed by atoms with E-state index in [2.05, 4.69) is 4.98 Å². The van der Waals surface area contributed by atoms with Crippen LogP contribution in [-0.2, 0) is 4.79 Å². The van der Waals surface area contributed by atoms with Crippen molar-refractivity contribution >= 4 is 5.91 Å². The van der Waals surface area contributed by atoms with Crippen molar-refractivity contribution in [2.45, 2.75) is 39.3 Å². The fourth-order valence-electron chi connectivity index (χ4n) is 2.67. The number of nitrogens with zero attached hydrogens (tertiary/aromatic N) is 2. The lowest BCUT2D eigenvalue weighted by Crippen LogP contribution is -2.44. The van der Waals surface area contributed by atoms with E-state index in [1.807, 2.05) is 26.8 Å². The van der Waals surface area contributed by atoms with Gasteiger partial charge in [0.2, 0.25) is 5.91 Å². The molecule has 1 amide bonds. The second-order valence-electron chi connectivity index (χ2n) is 7.11. The average Bonchev–Trinajstić information content (AvgIpc) is 3.15. The molecule has 0 saturated heterocycles. The molecular weight excluding hydrogens is 293 g/mol. The Balaban J connectivity index is 2.07. The lowest BCUT2D eigenvalue weighted by atomic mass is 9.95. The van der Waals surface area contributed by atoms with Crippen molar-refractivity contribution < 1.29 is 18.0 Å². The van der Waals surface area contributed by atoms with E-state index in [1.54, 1.807) is 18.5 Å². The summed E-state index contributed by atoms with van der Waals surface area (Å²) in [5.74, 6) is -0.757. The smallest absolute Gasteiger partial charge is 0.333 e. The van der Waals surface area contributed by atoms with Gasteiger partial charge in [-0.1, -0.05) is 26.8 Å². The molecule has 0 N–H and O–H groups in total. The molecule has 2 rings (SSSR count). The predicted octanol–water partition coefficient (Wildman–Crippen LogP) is 3.62. The van der Waals surface area contributed by atoms with E-state index in [0.717, 1.165) is 10.5 Å². The number of aromatic nitrogens is 1. The van der Waals surface area contributed by atoms with Crippen LogP contribution >= 0.6 is 0 Å². The van der Waals surface area contributed by atoms with Gasteiger partial charge in [-0.15, -0.1) is 0 Å². The van der Waals surface area contributed by atoms with Crippen LogP contribution in [0.25, 0.3) is 0 Å². The van der Waals surface area contributed by atoms with E-state index in [9.17, 15) is 18.0 Å². The summed E-state index contributed by atoms with van der Waals surface area (Å²) in [7, 11) is 0. The molecule has 1 aliphatic rings. The minimum Gasteiger partial charge on any atom is -0.333 e. The largest absolute Gasteiger partial charge is 0.406 e. The van der Waals surface area contributed by atoms with Crippen LogP contribution in [0.2, 0.25) is 0 Å². The molecule has 0 bridgehead atoms. The standard InChI is InChI=1S/C16H21F3N2O/c1-15(2,3)9-21(10-16(17,18)19)14(22)13-7-12(13)11-5-4-6-20-8-11/h4-6,8,12-13H,7,9-10H2,1-3H3. The number of carbonyl (C=O) groups excluding carboxylic acids is 1. The van der Waals surface area contributed by atoms with E-state index >= 15 is 0 Å². The molecule has 6 heteroatoms. The summed E-state index contributed by atoms with van der Waals surface area (Å²) in [4.78, 5) is 17.4. The summed E-state index contributed by atoms with van der Waals surface area (Å²) in [6, 6.07) is 3.64. The van der Waals surface area contributed by atoms with E-state index in [-0.39, 0.29) is 23.8 Å². The number of pyridine rings is 1. The third kappa shape index (κ3) is 4.71. The molecule has 3 nitrogen and oxygen atoms in total. The third-order valence-corrected chi connectivity index (χ3v) is 3.57. The van der Waals surface area contributed by atoms with Gasteiger partial charge in [0.15, 0.2) is 0 Å². The number of hydrogen-bond donors (Lipinski definition) is 0. The first-order chi connectivity index (χ1) is 10.1. The Bertz CT molecular complexity index is 506. The Labute approximate surface area is 128 Å². The quantitative estimate of drug-likeness (QED) is 0.850. The van der Waals surface area contributed by atoms with Gasteiger partial charge in [0, 0.05) is 24.9 Å². The first-order valence-corrected chi connectivity index (χ1v) is 7.32. The van der Waals surface area contributed by atoms with Gasteiger partial charge >= 0.3 is 6.18 Å². The van der Waals surface area contributed by atoms with Gasteiger partial charge < -0.3 is 4.90 Å². The van der Waals surface area contributed by atoms with Crippen molar-refractivity contribution in [2.24, 2.45) is 11.3 Å². The van der Waals surface area contributed by atoms with Crippen LogP contribution in [0.4, 0.5) is 13.2 Å². The maximum Gasteiger partial charge on any atom is 0.406 e. The molecule has 1 aromatic heterocycles. The molecule has 2 atom stereocenters. The molecule has 22 heavy (non-hydrogen) atoms. The van der Waals surface area contributed by atoms with Gasteiger partial charge in [0.1, 0.15) is 6.54 Å². The van der Waals surface area contributed by atoms with Gasteiger partial charge in [0.05, 0.1) is 0 Å². The Kier molecular flexibility index (Phi) is 4.49. The molecule has 1 heterocycles. The Morgan fingerprint density at radius 3 is 2.50 bits per heavy atom. The highest BCUT2D eigenvalue weighted by atomic mass is 19.4. The van der Waals surface area contributed by atoms with Crippen LogP contribution in [0, 0.1) is 11.3 Å². The van der Waals surface area contributed by atoms with Crippen molar-refractivity contribution in [3.8, 4) is 0 Å². The zero-order valence-corrected chi connectivity index (χ0v) is 13.0. The molecule has 1 fully saturated rings. The van der Waals surface area contributed by atoms with Gasteiger partial charge in [-0.05, 0) is 29.4 Å². The first kappa shape index (κ1) is 16.8. The molecule has 0 spiro atoms. The van der Waals surface area contributed by atoms with E-state index in [1.165, 1.54) is 0 Å². The Hall–Kier alpha value is -1.59. The fraction of sp³-hybridized carbons (Fsp3) is 0.625. The lowest BCUT2D eigenvalue weighted by molar-refractivity contribution is -0.164. The number of rotatable bonds is 4. The zero-order chi connectivity index (χ0) is 16.5. The molecule has 122 valence electrons. The van der Waals surface area contributed by atoms with Gasteiger partial charge in [-0.2, -0.15) is 13.2 Å². The summed E-state index contributed by atoms with van der Waals surface area (Å²) in [6.45, 7) is 4.40. The summed E-state index contributed by atoms with van der Waals surface area (Å²) in [6.07, 6.45) is -0.462. The van der Waals surface area contributed by atoms with Gasteiger partial charge in [-0.3, -0.25) is 9.78 Å². The first-order valence-electron chi connectivity index (χ1n) is 7.32. The van der Waals surface area contributed by atoms with E-state index < -0.39 is 18.6 Å². The average molecular weight is 314 g/mol. The van der Waals surface area contributed by atoms with Crippen molar-refractivity contribution in [1.29, 1.82) is 0 Å². The summed E-state index contributed by atoms with van der Waals surface area (Å²) in [5.41, 5.74) is 0.545. The topological polar surface area (TPSA) is 33.2 Å². The van der Waals surface area contributed by atoms with E-state index in [4.69, 9.17) is 0 Å². The molecule has 1 aromatic rings. The maximum absolute atomic E-state index is 12.7. The van der Waals surface area contributed by atoms with Crippen LogP contribution in [0.15, 0.2) is 24.5 Å². The summed E-state index contributed by atoms with van der Waals surface area (Å²) >= 11 is 0. The fourth-order valence-corrected chi connectivity index (χ4v) is 2.67. The number of carbonyl (C=O) groups is 1. The molecule has 1 saturated carbocycles. The zero-order valence-electron chi connectivity index (χ0n) is 13.0. The maximum atomic E-state index is 12.7. The highest BCUT2D eigenvalue weighted by molar-refractivity contribution is 5.83. The van der Waals surface area contributed by atoms with Crippen molar-refractivity contribution in [2.75, 3.05) is 13.1 Å². The normalized spacial score (nSPS) is 21.5. The number of alkyl halides is 3. The number of hydrogen-bond acceptors (Lipinski definition) is 2. The minimum absolute atomic E-state index is 0.00287. The number of amides is 1. The molecule has 2 unspecified atom stereocenters. The Morgan fingerprint density at radius 2 is 2.00 bits per heavy atom. The second-order valence-corrected chi connectivity index (χ2v) is 7.11. The molecule has 0 aromatic carbocycles. The molecular formula is C16H21F3N2O. The SMILES string of the molecule is CC(C)(C)CN(CC(F)(F)F)C(=O)C1CC1c1cccnc1.